The molecule has 3 unspecified atom stereocenters. The summed E-state index contributed by atoms with van der Waals surface area (Å²) in [6.07, 6.45) is 2.92. The van der Waals surface area contributed by atoms with E-state index >= 15 is 0 Å². The second-order valence-corrected chi connectivity index (χ2v) is 7.32. The molecular formula is C9H15NO2S2. The van der Waals surface area contributed by atoms with Crippen LogP contribution in [0.4, 0.5) is 0 Å². The van der Waals surface area contributed by atoms with Crippen molar-refractivity contribution in [2.75, 3.05) is 11.5 Å². The van der Waals surface area contributed by atoms with E-state index in [0.29, 0.717) is 11.3 Å². The summed E-state index contributed by atoms with van der Waals surface area (Å²) in [5, 5.41) is 5.33. The Morgan fingerprint density at radius 1 is 1.50 bits per heavy atom. The van der Waals surface area contributed by atoms with Gasteiger partial charge in [0.1, 0.15) is 0 Å². The minimum atomic E-state index is -2.90. The van der Waals surface area contributed by atoms with E-state index in [1.165, 1.54) is 11.2 Å². The van der Waals surface area contributed by atoms with Crippen LogP contribution in [0.1, 0.15) is 13.3 Å². The second-order valence-electron chi connectivity index (χ2n) is 3.90. The SMILES string of the molecule is CC1SCCC1NC1C=CS(=O)(=O)C1. The van der Waals surface area contributed by atoms with Crippen LogP contribution in [0.5, 0.6) is 0 Å². The van der Waals surface area contributed by atoms with Gasteiger partial charge in [-0.1, -0.05) is 13.0 Å². The van der Waals surface area contributed by atoms with Crippen molar-refractivity contribution >= 4 is 21.6 Å². The van der Waals surface area contributed by atoms with Crippen molar-refractivity contribution in [1.29, 1.82) is 0 Å². The predicted molar refractivity (Wildman–Crippen MR) is 60.2 cm³/mol. The molecule has 2 rings (SSSR count). The van der Waals surface area contributed by atoms with E-state index < -0.39 is 9.84 Å². The predicted octanol–water partition coefficient (Wildman–Crippen LogP) is 0.781. The molecule has 1 saturated heterocycles. The maximum absolute atomic E-state index is 11.2. The topological polar surface area (TPSA) is 46.2 Å². The van der Waals surface area contributed by atoms with Crippen LogP contribution in [-0.4, -0.2) is 37.3 Å². The number of thioether (sulfide) groups is 1. The van der Waals surface area contributed by atoms with Gasteiger partial charge in [-0.2, -0.15) is 11.8 Å². The average molecular weight is 233 g/mol. The van der Waals surface area contributed by atoms with Crippen molar-refractivity contribution in [3.63, 3.8) is 0 Å². The largest absolute Gasteiger partial charge is 0.306 e. The lowest BCUT2D eigenvalue weighted by molar-refractivity contribution is 0.487. The van der Waals surface area contributed by atoms with E-state index in [1.54, 1.807) is 6.08 Å². The lowest BCUT2D eigenvalue weighted by atomic mass is 10.1. The fourth-order valence-electron chi connectivity index (χ4n) is 1.91. The second kappa shape index (κ2) is 3.87. The Kier molecular flexibility index (Phi) is 2.91. The normalized spacial score (nSPS) is 40.5. The molecule has 0 aromatic carbocycles. The van der Waals surface area contributed by atoms with E-state index in [1.807, 2.05) is 11.8 Å². The van der Waals surface area contributed by atoms with Crippen LogP contribution >= 0.6 is 11.8 Å². The van der Waals surface area contributed by atoms with Crippen LogP contribution in [-0.2, 0) is 9.84 Å². The quantitative estimate of drug-likeness (QED) is 0.765. The van der Waals surface area contributed by atoms with Crippen molar-refractivity contribution in [2.45, 2.75) is 30.7 Å². The number of nitrogens with one attached hydrogen (secondary N) is 1. The standard InChI is InChI=1S/C9H15NO2S2/c1-7-9(2-4-13-7)10-8-3-5-14(11,12)6-8/h3,5,7-10H,2,4,6H2,1H3. The maximum Gasteiger partial charge on any atom is 0.173 e. The summed E-state index contributed by atoms with van der Waals surface area (Å²) in [6.45, 7) is 2.20. The van der Waals surface area contributed by atoms with Crippen LogP contribution < -0.4 is 5.32 Å². The molecule has 0 saturated carbocycles. The molecule has 1 N–H and O–H groups in total. The van der Waals surface area contributed by atoms with E-state index in [0.717, 1.165) is 6.42 Å². The van der Waals surface area contributed by atoms with E-state index in [4.69, 9.17) is 0 Å². The van der Waals surface area contributed by atoms with Gasteiger partial charge < -0.3 is 5.32 Å². The van der Waals surface area contributed by atoms with Gasteiger partial charge in [0.15, 0.2) is 9.84 Å². The van der Waals surface area contributed by atoms with Gasteiger partial charge in [-0.15, -0.1) is 0 Å². The van der Waals surface area contributed by atoms with Crippen molar-refractivity contribution in [3.8, 4) is 0 Å². The van der Waals surface area contributed by atoms with Gasteiger partial charge in [0.2, 0.25) is 0 Å². The highest BCUT2D eigenvalue weighted by Gasteiger charge is 2.29. The molecule has 2 aliphatic rings. The summed E-state index contributed by atoms with van der Waals surface area (Å²) in [4.78, 5) is 0. The monoisotopic (exact) mass is 233 g/mol. The molecule has 1 fully saturated rings. The average Bonchev–Trinajstić information content (AvgIpc) is 2.61. The minimum absolute atomic E-state index is 0.0335. The lowest BCUT2D eigenvalue weighted by Gasteiger charge is -2.19. The third-order valence-electron chi connectivity index (χ3n) is 2.73. The Balaban J connectivity index is 1.91. The summed E-state index contributed by atoms with van der Waals surface area (Å²) in [6, 6.07) is 0.508. The summed E-state index contributed by atoms with van der Waals surface area (Å²) < 4.78 is 22.3. The summed E-state index contributed by atoms with van der Waals surface area (Å²) >= 11 is 1.95. The molecule has 5 heteroatoms. The van der Waals surface area contributed by atoms with Gasteiger partial charge in [-0.05, 0) is 12.2 Å². The zero-order chi connectivity index (χ0) is 10.2. The first-order valence-electron chi connectivity index (χ1n) is 4.85. The Morgan fingerprint density at radius 2 is 2.29 bits per heavy atom. The molecule has 0 amide bonds. The fourth-order valence-corrected chi connectivity index (χ4v) is 4.36. The van der Waals surface area contributed by atoms with E-state index in [2.05, 4.69) is 12.2 Å². The lowest BCUT2D eigenvalue weighted by Crippen LogP contribution is -2.41. The molecule has 0 radical (unpaired) electrons. The van der Waals surface area contributed by atoms with Crippen molar-refractivity contribution in [3.05, 3.63) is 11.5 Å². The van der Waals surface area contributed by atoms with Gasteiger partial charge in [-0.3, -0.25) is 0 Å². The molecule has 0 aliphatic carbocycles. The highest BCUT2D eigenvalue weighted by molar-refractivity contribution is 8.00. The number of sulfone groups is 1. The van der Waals surface area contributed by atoms with Gasteiger partial charge in [0.05, 0.1) is 5.75 Å². The van der Waals surface area contributed by atoms with Crippen LogP contribution in [0.3, 0.4) is 0 Å². The molecule has 2 heterocycles. The van der Waals surface area contributed by atoms with Crippen LogP contribution in [0.15, 0.2) is 11.5 Å². The molecule has 2 aliphatic heterocycles. The zero-order valence-electron chi connectivity index (χ0n) is 8.14. The van der Waals surface area contributed by atoms with Gasteiger partial charge >= 0.3 is 0 Å². The van der Waals surface area contributed by atoms with Crippen LogP contribution in [0, 0.1) is 0 Å². The third kappa shape index (κ3) is 2.32. The number of rotatable bonds is 2. The number of hydrogen-bond acceptors (Lipinski definition) is 4. The van der Waals surface area contributed by atoms with E-state index in [9.17, 15) is 8.42 Å². The Hall–Kier alpha value is -0.0000000000000000555. The molecule has 0 bridgehead atoms. The van der Waals surface area contributed by atoms with Crippen LogP contribution in [0.25, 0.3) is 0 Å². The molecule has 3 atom stereocenters. The first-order chi connectivity index (χ1) is 6.57. The van der Waals surface area contributed by atoms with Crippen LogP contribution in [0.2, 0.25) is 0 Å². The summed E-state index contributed by atoms with van der Waals surface area (Å²) in [5.41, 5.74) is 0. The zero-order valence-corrected chi connectivity index (χ0v) is 9.77. The van der Waals surface area contributed by atoms with Crippen molar-refractivity contribution in [2.24, 2.45) is 0 Å². The highest BCUT2D eigenvalue weighted by atomic mass is 32.2. The molecule has 3 nitrogen and oxygen atoms in total. The fraction of sp³-hybridized carbons (Fsp3) is 0.778. The smallest absolute Gasteiger partial charge is 0.173 e. The summed E-state index contributed by atoms with van der Waals surface area (Å²) in [5.74, 6) is 1.42. The molecule has 0 aromatic rings. The minimum Gasteiger partial charge on any atom is -0.306 e. The maximum atomic E-state index is 11.2. The van der Waals surface area contributed by atoms with Gasteiger partial charge in [0, 0.05) is 22.7 Å². The molecule has 14 heavy (non-hydrogen) atoms. The Labute approximate surface area is 89.3 Å². The molecule has 0 aromatic heterocycles. The van der Waals surface area contributed by atoms with Gasteiger partial charge in [-0.25, -0.2) is 8.42 Å². The summed E-state index contributed by atoms with van der Waals surface area (Å²) in [7, 11) is -2.90. The molecular weight excluding hydrogens is 218 g/mol. The molecule has 0 spiro atoms. The Morgan fingerprint density at radius 3 is 2.79 bits per heavy atom. The van der Waals surface area contributed by atoms with Crippen molar-refractivity contribution in [1.82, 2.24) is 5.32 Å². The molecule has 80 valence electrons. The number of hydrogen-bond donors (Lipinski definition) is 1. The Bertz CT molecular complexity index is 337. The highest BCUT2D eigenvalue weighted by Crippen LogP contribution is 2.27. The first kappa shape index (κ1) is 10.5. The van der Waals surface area contributed by atoms with E-state index in [-0.39, 0.29) is 11.8 Å². The van der Waals surface area contributed by atoms with Crippen molar-refractivity contribution < 1.29 is 8.42 Å². The van der Waals surface area contributed by atoms with Gasteiger partial charge in [0.25, 0.3) is 0 Å². The first-order valence-corrected chi connectivity index (χ1v) is 7.62. The third-order valence-corrected chi connectivity index (χ3v) is 5.46.